The van der Waals surface area contributed by atoms with E-state index in [0.29, 0.717) is 37.1 Å². The molecule has 0 spiro atoms. The van der Waals surface area contributed by atoms with Gasteiger partial charge in [0.1, 0.15) is 5.82 Å². The van der Waals surface area contributed by atoms with Crippen LogP contribution < -0.4 is 10.2 Å². The van der Waals surface area contributed by atoms with Crippen molar-refractivity contribution in [3.63, 3.8) is 0 Å². The van der Waals surface area contributed by atoms with Crippen LogP contribution in [0.4, 0.5) is 24.7 Å². The third-order valence-corrected chi connectivity index (χ3v) is 6.12. The van der Waals surface area contributed by atoms with Crippen LogP contribution in [0.2, 0.25) is 5.02 Å². The van der Waals surface area contributed by atoms with Gasteiger partial charge < -0.3 is 15.1 Å². The Morgan fingerprint density at radius 1 is 1.14 bits per heavy atom. The van der Waals surface area contributed by atoms with Gasteiger partial charge in [-0.3, -0.25) is 0 Å². The highest BCUT2D eigenvalue weighted by Gasteiger charge is 2.43. The van der Waals surface area contributed by atoms with Gasteiger partial charge in [-0.05, 0) is 55.0 Å². The molecule has 3 heterocycles. The standard InChI is InChI=1S/C20H20ClF3N4S/c1-12-4-5-25-18(6-12)26-19(29)28-10-13-8-27(9-14(13)11-28)17-3-2-15(21)7-16(17)20(22,23)24/h2-7,13-14H,8-11H2,1H3,(H,25,26,29). The van der Waals surface area contributed by atoms with Crippen LogP contribution in [0.25, 0.3) is 0 Å². The zero-order chi connectivity index (χ0) is 20.8. The Hall–Kier alpha value is -2.06. The van der Waals surface area contributed by atoms with Gasteiger partial charge in [0.2, 0.25) is 0 Å². The number of halogens is 4. The first-order valence-electron chi connectivity index (χ1n) is 9.31. The number of benzene rings is 1. The van der Waals surface area contributed by atoms with E-state index in [0.717, 1.165) is 11.6 Å². The Balaban J connectivity index is 1.42. The van der Waals surface area contributed by atoms with Gasteiger partial charge in [-0.1, -0.05) is 11.6 Å². The molecule has 9 heteroatoms. The normalized spacial score (nSPS) is 21.4. The van der Waals surface area contributed by atoms with E-state index in [1.807, 2.05) is 24.0 Å². The maximum absolute atomic E-state index is 13.5. The summed E-state index contributed by atoms with van der Waals surface area (Å²) in [5, 5.41) is 3.86. The minimum Gasteiger partial charge on any atom is -0.370 e. The second kappa shape index (κ2) is 7.65. The predicted molar refractivity (Wildman–Crippen MR) is 112 cm³/mol. The number of nitrogens with zero attached hydrogens (tertiary/aromatic N) is 3. The lowest BCUT2D eigenvalue weighted by molar-refractivity contribution is -0.137. The Kier molecular flexibility index (Phi) is 5.33. The minimum absolute atomic E-state index is 0.0906. The summed E-state index contributed by atoms with van der Waals surface area (Å²) in [4.78, 5) is 8.17. The number of thiocarbonyl (C=S) groups is 1. The van der Waals surface area contributed by atoms with Crippen LogP contribution in [0.5, 0.6) is 0 Å². The maximum Gasteiger partial charge on any atom is 0.418 e. The molecule has 2 atom stereocenters. The highest BCUT2D eigenvalue weighted by molar-refractivity contribution is 7.80. The third kappa shape index (κ3) is 4.28. The number of hydrogen-bond donors (Lipinski definition) is 1. The summed E-state index contributed by atoms with van der Waals surface area (Å²) < 4.78 is 40.4. The van der Waals surface area contributed by atoms with E-state index >= 15 is 0 Å². The fourth-order valence-electron chi connectivity index (χ4n) is 4.16. The van der Waals surface area contributed by atoms with E-state index in [1.54, 1.807) is 6.20 Å². The zero-order valence-electron chi connectivity index (χ0n) is 15.7. The van der Waals surface area contributed by atoms with Gasteiger partial charge in [0, 0.05) is 54.9 Å². The first-order valence-corrected chi connectivity index (χ1v) is 10.1. The topological polar surface area (TPSA) is 31.4 Å². The van der Waals surface area contributed by atoms with Crippen molar-refractivity contribution in [1.29, 1.82) is 0 Å². The van der Waals surface area contributed by atoms with E-state index in [2.05, 4.69) is 15.2 Å². The molecule has 0 radical (unpaired) electrons. The molecule has 0 bridgehead atoms. The van der Waals surface area contributed by atoms with Crippen molar-refractivity contribution >= 4 is 40.4 Å². The Labute approximate surface area is 177 Å². The van der Waals surface area contributed by atoms with Crippen molar-refractivity contribution < 1.29 is 13.2 Å². The highest BCUT2D eigenvalue weighted by atomic mass is 35.5. The van der Waals surface area contributed by atoms with Gasteiger partial charge in [-0.25, -0.2) is 4.98 Å². The number of hydrogen-bond acceptors (Lipinski definition) is 3. The summed E-state index contributed by atoms with van der Waals surface area (Å²) in [5.41, 5.74) is 0.611. The van der Waals surface area contributed by atoms with Gasteiger partial charge in [-0.2, -0.15) is 13.2 Å². The Morgan fingerprint density at radius 3 is 2.45 bits per heavy atom. The van der Waals surface area contributed by atoms with Crippen molar-refractivity contribution in [2.24, 2.45) is 11.8 Å². The third-order valence-electron chi connectivity index (χ3n) is 5.53. The molecular weight excluding hydrogens is 421 g/mol. The number of aromatic nitrogens is 1. The highest BCUT2D eigenvalue weighted by Crippen LogP contribution is 2.42. The molecule has 2 fully saturated rings. The maximum atomic E-state index is 13.5. The summed E-state index contributed by atoms with van der Waals surface area (Å²) in [7, 11) is 0. The average Bonchev–Trinajstić information content (AvgIpc) is 3.20. The van der Waals surface area contributed by atoms with E-state index in [9.17, 15) is 13.2 Å². The number of rotatable bonds is 2. The number of anilines is 2. The van der Waals surface area contributed by atoms with E-state index in [4.69, 9.17) is 23.8 Å². The number of likely N-dealkylation sites (tertiary alicyclic amines) is 1. The molecule has 154 valence electrons. The molecule has 29 heavy (non-hydrogen) atoms. The van der Waals surface area contributed by atoms with Crippen LogP contribution in [0.15, 0.2) is 36.5 Å². The second-order valence-electron chi connectivity index (χ2n) is 7.64. The van der Waals surface area contributed by atoms with Gasteiger partial charge in [0.15, 0.2) is 5.11 Å². The van der Waals surface area contributed by atoms with Crippen molar-refractivity contribution in [2.75, 3.05) is 36.4 Å². The van der Waals surface area contributed by atoms with Crippen molar-refractivity contribution in [3.05, 3.63) is 52.7 Å². The van der Waals surface area contributed by atoms with Gasteiger partial charge in [-0.15, -0.1) is 0 Å². The molecule has 4 nitrogen and oxygen atoms in total. The molecule has 4 rings (SSSR count). The second-order valence-corrected chi connectivity index (χ2v) is 8.46. The SMILES string of the molecule is Cc1ccnc(NC(=S)N2CC3CN(c4ccc(Cl)cc4C(F)(F)F)CC3C2)c1. The predicted octanol–water partition coefficient (Wildman–Crippen LogP) is 4.83. The van der Waals surface area contributed by atoms with Gasteiger partial charge in [0.25, 0.3) is 0 Å². The molecule has 2 aromatic rings. The van der Waals surface area contributed by atoms with E-state index in [1.165, 1.54) is 12.1 Å². The fraction of sp³-hybridized carbons (Fsp3) is 0.400. The summed E-state index contributed by atoms with van der Waals surface area (Å²) in [6, 6.07) is 7.82. The van der Waals surface area contributed by atoms with Crippen LogP contribution in [0.1, 0.15) is 11.1 Å². The molecule has 2 aliphatic rings. The molecule has 1 aromatic heterocycles. The lowest BCUT2D eigenvalue weighted by atomic mass is 10.0. The number of aryl methyl sites for hydroxylation is 1. The smallest absolute Gasteiger partial charge is 0.370 e. The quantitative estimate of drug-likeness (QED) is 0.676. The summed E-state index contributed by atoms with van der Waals surface area (Å²) in [5.74, 6) is 1.22. The molecule has 0 amide bonds. The monoisotopic (exact) mass is 440 g/mol. The van der Waals surface area contributed by atoms with Gasteiger partial charge >= 0.3 is 6.18 Å². The first kappa shape index (κ1) is 20.2. The summed E-state index contributed by atoms with van der Waals surface area (Å²) in [6.45, 7) is 4.55. The van der Waals surface area contributed by atoms with Crippen molar-refractivity contribution in [3.8, 4) is 0 Å². The summed E-state index contributed by atoms with van der Waals surface area (Å²) in [6.07, 6.45) is -2.71. The number of fused-ring (bicyclic) bond motifs is 1. The minimum atomic E-state index is -4.43. The molecule has 2 saturated heterocycles. The lowest BCUT2D eigenvalue weighted by Crippen LogP contribution is -2.36. The Bertz CT molecular complexity index is 922. The van der Waals surface area contributed by atoms with E-state index in [-0.39, 0.29) is 22.5 Å². The van der Waals surface area contributed by atoms with Crippen molar-refractivity contribution in [2.45, 2.75) is 13.1 Å². The zero-order valence-corrected chi connectivity index (χ0v) is 17.3. The summed E-state index contributed by atoms with van der Waals surface area (Å²) >= 11 is 11.3. The lowest BCUT2D eigenvalue weighted by Gasteiger charge is -2.27. The number of alkyl halides is 3. The van der Waals surface area contributed by atoms with Crippen LogP contribution in [0, 0.1) is 18.8 Å². The van der Waals surface area contributed by atoms with E-state index < -0.39 is 11.7 Å². The largest absolute Gasteiger partial charge is 0.418 e. The first-order chi connectivity index (χ1) is 13.7. The number of pyridine rings is 1. The molecule has 1 aromatic carbocycles. The van der Waals surface area contributed by atoms with Crippen LogP contribution in [-0.4, -0.2) is 41.2 Å². The van der Waals surface area contributed by atoms with Crippen molar-refractivity contribution in [1.82, 2.24) is 9.88 Å². The molecular formula is C20H20ClF3N4S. The molecule has 0 saturated carbocycles. The van der Waals surface area contributed by atoms with Crippen LogP contribution in [0.3, 0.4) is 0 Å². The molecule has 0 aliphatic carbocycles. The Morgan fingerprint density at radius 2 is 1.83 bits per heavy atom. The number of nitrogens with one attached hydrogen (secondary N) is 1. The molecule has 2 aliphatic heterocycles. The molecule has 2 unspecified atom stereocenters. The average molecular weight is 441 g/mol. The van der Waals surface area contributed by atoms with Crippen LogP contribution >= 0.6 is 23.8 Å². The fourth-order valence-corrected chi connectivity index (χ4v) is 4.59. The molecule has 1 N–H and O–H groups in total. The van der Waals surface area contributed by atoms with Crippen LogP contribution in [-0.2, 0) is 6.18 Å². The van der Waals surface area contributed by atoms with Gasteiger partial charge in [0.05, 0.1) is 5.56 Å².